The Kier molecular flexibility index (Phi) is 9.57. The Hall–Kier alpha value is -1.15. The highest BCUT2D eigenvalue weighted by Crippen LogP contribution is 2.24. The van der Waals surface area contributed by atoms with Gasteiger partial charge in [-0.25, -0.2) is 13.1 Å². The van der Waals surface area contributed by atoms with E-state index in [1.807, 2.05) is 0 Å². The molecular weight excluding hydrogens is 374 g/mol. The Morgan fingerprint density at radius 2 is 1.85 bits per heavy atom. The minimum Gasteiger partial charge on any atom is -0.352 e. The van der Waals surface area contributed by atoms with Gasteiger partial charge in [0.1, 0.15) is 0 Å². The van der Waals surface area contributed by atoms with Crippen molar-refractivity contribution >= 4 is 28.3 Å². The lowest BCUT2D eigenvalue weighted by Gasteiger charge is -2.27. The molecule has 1 heterocycles. The van der Waals surface area contributed by atoms with Gasteiger partial charge < -0.3 is 10.6 Å². The smallest absolute Gasteiger partial charge is 0.240 e. The highest BCUT2D eigenvalue weighted by Gasteiger charge is 2.21. The number of halogens is 1. The van der Waals surface area contributed by atoms with Crippen molar-refractivity contribution in [3.05, 3.63) is 29.8 Å². The lowest BCUT2D eigenvalue weighted by Crippen LogP contribution is -2.33. The number of hydrogen-bond acceptors (Lipinski definition) is 4. The predicted octanol–water partition coefficient (Wildman–Crippen LogP) is 2.05. The molecule has 26 heavy (non-hydrogen) atoms. The van der Waals surface area contributed by atoms with Crippen LogP contribution < -0.4 is 15.4 Å². The topological polar surface area (TPSA) is 87.3 Å². The quantitative estimate of drug-likeness (QED) is 0.619. The van der Waals surface area contributed by atoms with Gasteiger partial charge >= 0.3 is 0 Å². The van der Waals surface area contributed by atoms with Gasteiger partial charge in [-0.15, -0.1) is 12.4 Å². The monoisotopic (exact) mass is 403 g/mol. The Morgan fingerprint density at radius 3 is 2.42 bits per heavy atom. The number of nitrogens with one attached hydrogen (secondary N) is 3. The van der Waals surface area contributed by atoms with Crippen LogP contribution >= 0.6 is 12.4 Å². The maximum absolute atomic E-state index is 12.1. The van der Waals surface area contributed by atoms with E-state index < -0.39 is 10.0 Å². The number of carbonyl (C=O) groups excluding carboxylic acids is 1. The fourth-order valence-corrected chi connectivity index (χ4v) is 4.25. The summed E-state index contributed by atoms with van der Waals surface area (Å²) in [5.41, 5.74) is 0.887. The van der Waals surface area contributed by atoms with Gasteiger partial charge in [0, 0.05) is 19.5 Å². The van der Waals surface area contributed by atoms with E-state index in [0.717, 1.165) is 31.5 Å². The maximum atomic E-state index is 12.1. The van der Waals surface area contributed by atoms with Crippen molar-refractivity contribution in [1.82, 2.24) is 15.4 Å². The molecule has 1 aliphatic heterocycles. The van der Waals surface area contributed by atoms with Crippen LogP contribution in [0.5, 0.6) is 0 Å². The van der Waals surface area contributed by atoms with E-state index in [-0.39, 0.29) is 23.2 Å². The molecule has 148 valence electrons. The van der Waals surface area contributed by atoms with Crippen molar-refractivity contribution in [2.75, 3.05) is 19.6 Å². The molecule has 1 unspecified atom stereocenters. The Morgan fingerprint density at radius 1 is 1.23 bits per heavy atom. The minimum absolute atomic E-state index is 0. The molecule has 0 aliphatic carbocycles. The van der Waals surface area contributed by atoms with Crippen LogP contribution in [-0.2, 0) is 21.4 Å². The predicted molar refractivity (Wildman–Crippen MR) is 106 cm³/mol. The fraction of sp³-hybridized carbons (Fsp3) is 0.611. The fourth-order valence-electron chi connectivity index (χ4n) is 3.21. The zero-order valence-corrected chi connectivity index (χ0v) is 17.1. The summed E-state index contributed by atoms with van der Waals surface area (Å²) in [5.74, 6) is 1.05. The van der Waals surface area contributed by atoms with Crippen LogP contribution in [0.15, 0.2) is 29.2 Å². The average Bonchev–Trinajstić information content (AvgIpc) is 2.61. The molecule has 6 nitrogen and oxygen atoms in total. The second-order valence-electron chi connectivity index (χ2n) is 6.69. The Labute approximate surface area is 163 Å². The molecule has 1 saturated heterocycles. The first-order valence-electron chi connectivity index (χ1n) is 8.98. The largest absolute Gasteiger partial charge is 0.352 e. The van der Waals surface area contributed by atoms with Crippen LogP contribution in [0.1, 0.15) is 38.7 Å². The molecule has 0 aromatic heterocycles. The van der Waals surface area contributed by atoms with Gasteiger partial charge in [0.25, 0.3) is 0 Å². The third-order valence-corrected chi connectivity index (χ3v) is 6.32. The summed E-state index contributed by atoms with van der Waals surface area (Å²) in [6.45, 7) is 6.74. The van der Waals surface area contributed by atoms with Gasteiger partial charge in [-0.1, -0.05) is 26.0 Å². The summed E-state index contributed by atoms with van der Waals surface area (Å²) in [6.07, 6.45) is 2.81. The summed E-state index contributed by atoms with van der Waals surface area (Å²) >= 11 is 0. The molecule has 8 heteroatoms. The van der Waals surface area contributed by atoms with E-state index in [4.69, 9.17) is 0 Å². The van der Waals surface area contributed by atoms with Gasteiger partial charge in [-0.2, -0.15) is 0 Å². The summed E-state index contributed by atoms with van der Waals surface area (Å²) in [4.78, 5) is 12.4. The number of amides is 1. The first-order valence-corrected chi connectivity index (χ1v) is 10.5. The van der Waals surface area contributed by atoms with Crippen LogP contribution in [0.25, 0.3) is 0 Å². The summed E-state index contributed by atoms with van der Waals surface area (Å²) in [6, 6.07) is 6.61. The molecule has 1 aliphatic rings. The van der Waals surface area contributed by atoms with Gasteiger partial charge in [-0.05, 0) is 55.5 Å². The normalized spacial score (nSPS) is 16.5. The molecular formula is C18H30ClN3O3S. The van der Waals surface area contributed by atoms with E-state index in [2.05, 4.69) is 22.3 Å². The Bertz CT molecular complexity index is 659. The SMILES string of the molecule is CCNS(=O)(=O)c1ccc(CNC(=O)CC(C)C2CCNCC2)cc1.Cl. The van der Waals surface area contributed by atoms with Crippen molar-refractivity contribution in [2.45, 2.75) is 44.6 Å². The third-order valence-electron chi connectivity index (χ3n) is 4.75. The van der Waals surface area contributed by atoms with Gasteiger partial charge in [0.2, 0.25) is 15.9 Å². The second kappa shape index (κ2) is 10.9. The summed E-state index contributed by atoms with van der Waals surface area (Å²) < 4.78 is 26.3. The number of piperidine rings is 1. The van der Waals surface area contributed by atoms with Gasteiger partial charge in [-0.3, -0.25) is 4.79 Å². The number of sulfonamides is 1. The van der Waals surface area contributed by atoms with Crippen molar-refractivity contribution in [3.8, 4) is 0 Å². The zero-order valence-electron chi connectivity index (χ0n) is 15.5. The van der Waals surface area contributed by atoms with Crippen LogP contribution in [0.3, 0.4) is 0 Å². The molecule has 1 amide bonds. The second-order valence-corrected chi connectivity index (χ2v) is 8.46. The highest BCUT2D eigenvalue weighted by atomic mass is 35.5. The van der Waals surface area contributed by atoms with E-state index in [1.165, 1.54) is 0 Å². The standard InChI is InChI=1S/C18H29N3O3S.ClH/c1-3-21-25(23,24)17-6-4-15(5-7-17)13-20-18(22)12-14(2)16-8-10-19-11-9-16;/h4-7,14,16,19,21H,3,8-13H2,1-2H3,(H,20,22);1H. The van der Waals surface area contributed by atoms with Crippen molar-refractivity contribution in [3.63, 3.8) is 0 Å². The molecule has 2 rings (SSSR count). The molecule has 1 aromatic carbocycles. The molecule has 1 fully saturated rings. The zero-order chi connectivity index (χ0) is 18.3. The van der Waals surface area contributed by atoms with E-state index in [1.54, 1.807) is 31.2 Å². The molecule has 0 saturated carbocycles. The maximum Gasteiger partial charge on any atom is 0.240 e. The van der Waals surface area contributed by atoms with E-state index >= 15 is 0 Å². The molecule has 0 radical (unpaired) electrons. The van der Waals surface area contributed by atoms with Crippen LogP contribution in [0, 0.1) is 11.8 Å². The van der Waals surface area contributed by atoms with Crippen molar-refractivity contribution in [1.29, 1.82) is 0 Å². The average molecular weight is 404 g/mol. The van der Waals surface area contributed by atoms with Crippen LogP contribution in [-0.4, -0.2) is 34.0 Å². The highest BCUT2D eigenvalue weighted by molar-refractivity contribution is 7.89. The number of hydrogen-bond donors (Lipinski definition) is 3. The number of rotatable bonds is 8. The summed E-state index contributed by atoms with van der Waals surface area (Å²) in [7, 11) is -3.43. The third kappa shape index (κ3) is 6.87. The van der Waals surface area contributed by atoms with Crippen molar-refractivity contribution in [2.24, 2.45) is 11.8 Å². The Balaban J connectivity index is 0.00000338. The van der Waals surface area contributed by atoms with Gasteiger partial charge in [0.15, 0.2) is 0 Å². The molecule has 3 N–H and O–H groups in total. The molecule has 1 atom stereocenters. The number of benzene rings is 1. The van der Waals surface area contributed by atoms with E-state index in [0.29, 0.717) is 31.3 Å². The molecule has 0 spiro atoms. The lowest BCUT2D eigenvalue weighted by atomic mass is 9.84. The van der Waals surface area contributed by atoms with Crippen molar-refractivity contribution < 1.29 is 13.2 Å². The lowest BCUT2D eigenvalue weighted by molar-refractivity contribution is -0.122. The minimum atomic E-state index is -3.43. The summed E-state index contributed by atoms with van der Waals surface area (Å²) in [5, 5.41) is 6.28. The molecule has 0 bridgehead atoms. The molecule has 1 aromatic rings. The van der Waals surface area contributed by atoms with Crippen LogP contribution in [0.2, 0.25) is 0 Å². The van der Waals surface area contributed by atoms with Crippen LogP contribution in [0.4, 0.5) is 0 Å². The first-order chi connectivity index (χ1) is 11.9. The van der Waals surface area contributed by atoms with E-state index in [9.17, 15) is 13.2 Å². The number of carbonyl (C=O) groups is 1. The first kappa shape index (κ1) is 22.9. The van der Waals surface area contributed by atoms with Gasteiger partial charge in [0.05, 0.1) is 4.90 Å².